The molecule has 12 heteroatoms. The van der Waals surface area contributed by atoms with Gasteiger partial charge in [0.25, 0.3) is 5.91 Å². The molecule has 2 aliphatic heterocycles. The molecule has 0 radical (unpaired) electrons. The Morgan fingerprint density at radius 1 is 0.933 bits per heavy atom. The van der Waals surface area contributed by atoms with Crippen molar-refractivity contribution < 1.29 is 36.2 Å². The molecule has 0 saturated carbocycles. The Hall–Kier alpha value is -3.52. The number of nitrogens with zero attached hydrogens (tertiary/aromatic N) is 2. The number of rotatable bonds is 8. The van der Waals surface area contributed by atoms with Crippen LogP contribution < -0.4 is 19.7 Å². The minimum absolute atomic E-state index is 0.0213. The molecule has 7 nitrogen and oxygen atoms in total. The molecule has 2 aliphatic rings. The molecule has 6 rings (SSSR count). The summed E-state index contributed by atoms with van der Waals surface area (Å²) in [5, 5.41) is 3.93. The highest BCUT2D eigenvalue weighted by atomic mass is 127. The molecule has 3 aromatic carbocycles. The van der Waals surface area contributed by atoms with Crippen molar-refractivity contribution in [2.75, 3.05) is 24.5 Å². The van der Waals surface area contributed by atoms with Crippen molar-refractivity contribution >= 4 is 45.2 Å². The number of nitrogens with one attached hydrogen (secondary N) is 1. The Balaban J connectivity index is 0.987. The molecule has 238 valence electrons. The topological polar surface area (TPSA) is 67.2 Å². The van der Waals surface area contributed by atoms with Crippen molar-refractivity contribution in [3.05, 3.63) is 89.9 Å². The number of carbonyl (C=O) groups is 1. The monoisotopic (exact) mass is 737 g/mol. The fourth-order valence-corrected chi connectivity index (χ4v) is 6.92. The number of halogens is 5. The van der Waals surface area contributed by atoms with Crippen LogP contribution in [-0.2, 0) is 6.54 Å². The first-order valence-corrected chi connectivity index (χ1v) is 16.1. The lowest BCUT2D eigenvalue weighted by atomic mass is 10.0. The number of fused-ring (bicyclic) bond motifs is 1. The molecule has 2 unspecified atom stereocenters. The number of benzene rings is 3. The zero-order chi connectivity index (χ0) is 31.6. The van der Waals surface area contributed by atoms with Gasteiger partial charge in [0.1, 0.15) is 29.0 Å². The predicted molar refractivity (Wildman–Crippen MR) is 170 cm³/mol. The quantitative estimate of drug-likeness (QED) is 0.0867. The number of anilines is 1. The summed E-state index contributed by atoms with van der Waals surface area (Å²) in [6, 6.07) is 19.7. The summed E-state index contributed by atoms with van der Waals surface area (Å²) >= 11 is 2.40. The number of alkyl halides is 4. The summed E-state index contributed by atoms with van der Waals surface area (Å²) in [7, 11) is 0. The summed E-state index contributed by atoms with van der Waals surface area (Å²) in [4.78, 5) is 17.5. The smallest absolute Gasteiger partial charge is 0.490 e. The van der Waals surface area contributed by atoms with E-state index in [-0.39, 0.29) is 39.4 Å². The summed E-state index contributed by atoms with van der Waals surface area (Å²) in [6.45, 7) is 2.94. The Labute approximate surface area is 271 Å². The molecular weight excluding hydrogens is 705 g/mol. The molecule has 4 aromatic rings. The number of furan rings is 1. The van der Waals surface area contributed by atoms with Crippen LogP contribution in [0.4, 0.5) is 23.2 Å². The highest BCUT2D eigenvalue weighted by Gasteiger charge is 2.31. The van der Waals surface area contributed by atoms with Crippen molar-refractivity contribution in [1.29, 1.82) is 0 Å². The maximum atomic E-state index is 13.2. The molecule has 1 N–H and O–H groups in total. The van der Waals surface area contributed by atoms with Gasteiger partial charge in [-0.2, -0.15) is 0 Å². The largest absolute Gasteiger partial charge is 0.573 e. The van der Waals surface area contributed by atoms with Crippen molar-refractivity contribution in [3.8, 4) is 11.5 Å². The summed E-state index contributed by atoms with van der Waals surface area (Å²) in [5.74, 6) is 0.165. The Kier molecular flexibility index (Phi) is 9.41. The minimum Gasteiger partial charge on any atom is -0.490 e. The molecular formula is C33H32F4IN3O4. The molecule has 2 atom stereocenters. The van der Waals surface area contributed by atoms with Crippen LogP contribution >= 0.6 is 22.6 Å². The van der Waals surface area contributed by atoms with Crippen molar-refractivity contribution in [2.45, 2.75) is 54.8 Å². The van der Waals surface area contributed by atoms with Gasteiger partial charge < -0.3 is 24.1 Å². The number of likely N-dealkylation sites (tertiary alicyclic amines) is 1. The van der Waals surface area contributed by atoms with Crippen LogP contribution in [0, 0.1) is 5.82 Å². The van der Waals surface area contributed by atoms with Gasteiger partial charge in [-0.3, -0.25) is 9.69 Å². The summed E-state index contributed by atoms with van der Waals surface area (Å²) < 4.78 is 66.9. The average molecular weight is 738 g/mol. The Morgan fingerprint density at radius 3 is 2.33 bits per heavy atom. The lowest BCUT2D eigenvalue weighted by Gasteiger charge is -2.36. The first kappa shape index (κ1) is 31.5. The maximum absolute atomic E-state index is 13.2. The molecule has 1 aromatic heterocycles. The van der Waals surface area contributed by atoms with E-state index >= 15 is 0 Å². The second-order valence-corrected chi connectivity index (χ2v) is 12.8. The van der Waals surface area contributed by atoms with Gasteiger partial charge >= 0.3 is 6.36 Å². The van der Waals surface area contributed by atoms with E-state index in [0.29, 0.717) is 24.4 Å². The molecule has 2 fully saturated rings. The van der Waals surface area contributed by atoms with E-state index < -0.39 is 6.36 Å². The molecule has 1 amide bonds. The highest BCUT2D eigenvalue weighted by Crippen LogP contribution is 2.30. The van der Waals surface area contributed by atoms with E-state index in [1.165, 1.54) is 24.3 Å². The van der Waals surface area contributed by atoms with Gasteiger partial charge in [0, 0.05) is 62.2 Å². The number of amides is 1. The predicted octanol–water partition coefficient (Wildman–Crippen LogP) is 7.67. The Morgan fingerprint density at radius 2 is 1.64 bits per heavy atom. The third-order valence-electron chi connectivity index (χ3n) is 8.17. The van der Waals surface area contributed by atoms with Crippen molar-refractivity contribution in [3.63, 3.8) is 0 Å². The van der Waals surface area contributed by atoms with E-state index in [0.717, 1.165) is 55.4 Å². The normalized spacial score (nSPS) is 19.9. The second-order valence-electron chi connectivity index (χ2n) is 11.4. The van der Waals surface area contributed by atoms with Crippen LogP contribution in [-0.4, -0.2) is 53.0 Å². The Bertz CT molecular complexity index is 1610. The first-order valence-electron chi connectivity index (χ1n) is 14.8. The molecule has 45 heavy (non-hydrogen) atoms. The molecule has 0 aliphatic carbocycles. The van der Waals surface area contributed by atoms with Crippen LogP contribution in [0.25, 0.3) is 11.0 Å². The van der Waals surface area contributed by atoms with Crippen molar-refractivity contribution in [1.82, 2.24) is 10.2 Å². The third-order valence-corrected chi connectivity index (χ3v) is 9.47. The van der Waals surface area contributed by atoms with Gasteiger partial charge in [-0.15, -0.1) is 13.2 Å². The second kappa shape index (κ2) is 13.5. The zero-order valence-electron chi connectivity index (χ0n) is 24.2. The summed E-state index contributed by atoms with van der Waals surface area (Å²) in [6.07, 6.45) is -1.66. The van der Waals surface area contributed by atoms with E-state index in [1.54, 1.807) is 36.4 Å². The van der Waals surface area contributed by atoms with E-state index in [4.69, 9.17) is 9.15 Å². The van der Waals surface area contributed by atoms with E-state index in [2.05, 4.69) is 42.4 Å². The standard InChI is InChI=1S/C33H32F4IN3O4/c34-23-4-1-21(2-5-23)20-41-14-11-24(18-31(41)38)39-32(42)30-17-22-3-8-28(19-29(22)44-30)43-26-12-15-40(16-13-26)25-6-9-27(10-7-25)45-33(35,36)37/h1-10,17,19,24,26,31H,11-16,18,20H2,(H,39,42). The van der Waals surface area contributed by atoms with Crippen LogP contribution in [0.2, 0.25) is 0 Å². The molecule has 3 heterocycles. The maximum Gasteiger partial charge on any atom is 0.573 e. The van der Waals surface area contributed by atoms with Gasteiger partial charge in [-0.25, -0.2) is 4.39 Å². The van der Waals surface area contributed by atoms with Crippen LogP contribution in [0.1, 0.15) is 41.8 Å². The van der Waals surface area contributed by atoms with E-state index in [1.807, 2.05) is 12.1 Å². The lowest BCUT2D eigenvalue weighted by molar-refractivity contribution is -0.274. The number of piperidine rings is 2. The number of hydrogen-bond acceptors (Lipinski definition) is 6. The number of carbonyl (C=O) groups excluding carboxylic acids is 1. The number of hydrogen-bond donors (Lipinski definition) is 1. The molecule has 2 saturated heterocycles. The summed E-state index contributed by atoms with van der Waals surface area (Å²) in [5.41, 5.74) is 2.45. The first-order chi connectivity index (χ1) is 21.6. The fraction of sp³-hybridized carbons (Fsp3) is 0.364. The highest BCUT2D eigenvalue weighted by molar-refractivity contribution is 14.1. The number of ether oxygens (including phenoxy) is 2. The van der Waals surface area contributed by atoms with E-state index in [9.17, 15) is 22.4 Å². The van der Waals surface area contributed by atoms with Crippen molar-refractivity contribution in [2.24, 2.45) is 0 Å². The van der Waals surface area contributed by atoms with Crippen LogP contribution in [0.15, 0.2) is 77.2 Å². The van der Waals surface area contributed by atoms with Crippen LogP contribution in [0.3, 0.4) is 0 Å². The lowest BCUT2D eigenvalue weighted by Crippen LogP contribution is -2.47. The average Bonchev–Trinajstić information content (AvgIpc) is 3.44. The molecule has 0 spiro atoms. The van der Waals surface area contributed by atoms with Gasteiger partial charge in [0.2, 0.25) is 0 Å². The minimum atomic E-state index is -4.71. The van der Waals surface area contributed by atoms with Gasteiger partial charge in [0.05, 0.1) is 4.05 Å². The van der Waals surface area contributed by atoms with Gasteiger partial charge in [-0.05, 0) is 73.0 Å². The third kappa shape index (κ3) is 8.20. The fourth-order valence-electron chi connectivity index (χ4n) is 5.83. The molecule has 0 bridgehead atoms. The van der Waals surface area contributed by atoms with Gasteiger partial charge in [0.15, 0.2) is 5.76 Å². The zero-order valence-corrected chi connectivity index (χ0v) is 26.4. The van der Waals surface area contributed by atoms with Crippen LogP contribution in [0.5, 0.6) is 11.5 Å². The SMILES string of the molecule is O=C(NC1CCN(Cc2ccc(F)cc2)C(I)C1)c1cc2ccc(OC3CCN(c4ccc(OC(F)(F)F)cc4)CC3)cc2o1. The van der Waals surface area contributed by atoms with Gasteiger partial charge in [-0.1, -0.05) is 34.7 Å².